The van der Waals surface area contributed by atoms with E-state index in [0.29, 0.717) is 23.2 Å². The van der Waals surface area contributed by atoms with Gasteiger partial charge in [0.05, 0.1) is 17.1 Å². The zero-order chi connectivity index (χ0) is 13.6. The highest BCUT2D eigenvalue weighted by Crippen LogP contribution is 2.41. The summed E-state index contributed by atoms with van der Waals surface area (Å²) >= 11 is 0. The van der Waals surface area contributed by atoms with E-state index in [2.05, 4.69) is 17.1 Å². The fourth-order valence-corrected chi connectivity index (χ4v) is 2.55. The molecule has 1 saturated carbocycles. The summed E-state index contributed by atoms with van der Waals surface area (Å²) in [4.78, 5) is 13.6. The molecular formula is C14H19N3O2. The number of nitrogen functional groups attached to an aromatic ring is 1. The number of fused-ring (bicyclic) bond motifs is 1. The maximum Gasteiger partial charge on any atom is 0.262 e. The first-order valence-electron chi connectivity index (χ1n) is 6.65. The average molecular weight is 261 g/mol. The minimum atomic E-state index is -0.124. The Morgan fingerprint density at radius 1 is 1.47 bits per heavy atom. The molecule has 1 atom stereocenters. The number of ether oxygens (including phenoxy) is 1. The van der Waals surface area contributed by atoms with E-state index in [9.17, 15) is 4.79 Å². The molecule has 2 aliphatic rings. The molecule has 1 aromatic rings. The largest absolute Gasteiger partial charge is 0.482 e. The Hall–Kier alpha value is -1.91. The van der Waals surface area contributed by atoms with Gasteiger partial charge < -0.3 is 20.7 Å². The van der Waals surface area contributed by atoms with Gasteiger partial charge in [-0.1, -0.05) is 0 Å². The van der Waals surface area contributed by atoms with Crippen LogP contribution in [0.3, 0.4) is 0 Å². The Labute approximate surface area is 112 Å². The topological polar surface area (TPSA) is 67.6 Å². The second kappa shape index (κ2) is 4.33. The van der Waals surface area contributed by atoms with Crippen LogP contribution in [0.4, 0.5) is 17.1 Å². The molecule has 0 aromatic heterocycles. The number of nitrogens with zero attached hydrogens (tertiary/aromatic N) is 1. The third-order valence-electron chi connectivity index (χ3n) is 4.06. The minimum absolute atomic E-state index is 0.0557. The predicted octanol–water partition coefficient (Wildman–Crippen LogP) is 1.83. The van der Waals surface area contributed by atoms with Crippen molar-refractivity contribution in [2.24, 2.45) is 5.92 Å². The van der Waals surface area contributed by atoms with Crippen LogP contribution in [-0.2, 0) is 4.79 Å². The van der Waals surface area contributed by atoms with Crippen molar-refractivity contribution in [3.05, 3.63) is 12.1 Å². The van der Waals surface area contributed by atoms with Crippen molar-refractivity contribution < 1.29 is 9.53 Å². The van der Waals surface area contributed by atoms with Crippen molar-refractivity contribution in [1.29, 1.82) is 0 Å². The number of benzene rings is 1. The van der Waals surface area contributed by atoms with Crippen LogP contribution < -0.4 is 20.7 Å². The van der Waals surface area contributed by atoms with E-state index in [0.717, 1.165) is 11.6 Å². The summed E-state index contributed by atoms with van der Waals surface area (Å²) in [6, 6.07) is 4.15. The van der Waals surface area contributed by atoms with E-state index >= 15 is 0 Å². The van der Waals surface area contributed by atoms with Gasteiger partial charge in [-0.3, -0.25) is 4.79 Å². The quantitative estimate of drug-likeness (QED) is 0.815. The van der Waals surface area contributed by atoms with Crippen LogP contribution in [0.25, 0.3) is 0 Å². The van der Waals surface area contributed by atoms with Crippen molar-refractivity contribution in [3.63, 3.8) is 0 Å². The number of nitrogens with two attached hydrogens (primary N) is 1. The molecule has 0 bridgehead atoms. The molecule has 1 aliphatic heterocycles. The van der Waals surface area contributed by atoms with Gasteiger partial charge in [0, 0.05) is 19.2 Å². The molecule has 5 heteroatoms. The van der Waals surface area contributed by atoms with Crippen LogP contribution in [-0.4, -0.2) is 25.6 Å². The molecule has 0 radical (unpaired) electrons. The number of hydrogen-bond donors (Lipinski definition) is 2. The number of carbonyl (C=O) groups excluding carboxylic acids is 1. The third kappa shape index (κ3) is 2.20. The van der Waals surface area contributed by atoms with Crippen molar-refractivity contribution >= 4 is 23.0 Å². The van der Waals surface area contributed by atoms with Crippen molar-refractivity contribution in [2.45, 2.75) is 25.8 Å². The zero-order valence-corrected chi connectivity index (χ0v) is 11.3. The van der Waals surface area contributed by atoms with Gasteiger partial charge in [0.2, 0.25) is 0 Å². The molecule has 3 N–H and O–H groups in total. The van der Waals surface area contributed by atoms with E-state index in [1.54, 1.807) is 6.07 Å². The second-order valence-electron chi connectivity index (χ2n) is 5.43. The van der Waals surface area contributed by atoms with Crippen LogP contribution >= 0.6 is 0 Å². The number of carbonyl (C=O) groups is 1. The lowest BCUT2D eigenvalue weighted by Gasteiger charge is -2.30. The highest BCUT2D eigenvalue weighted by atomic mass is 16.5. The Morgan fingerprint density at radius 2 is 2.21 bits per heavy atom. The normalized spacial score (nSPS) is 19.2. The Bertz CT molecular complexity index is 526. The number of hydrogen-bond acceptors (Lipinski definition) is 4. The van der Waals surface area contributed by atoms with Crippen molar-refractivity contribution in [2.75, 3.05) is 29.6 Å². The van der Waals surface area contributed by atoms with Crippen LogP contribution in [0, 0.1) is 5.92 Å². The van der Waals surface area contributed by atoms with Crippen LogP contribution in [0.2, 0.25) is 0 Å². The molecule has 1 fully saturated rings. The van der Waals surface area contributed by atoms with E-state index < -0.39 is 0 Å². The summed E-state index contributed by atoms with van der Waals surface area (Å²) in [6.07, 6.45) is 2.58. The number of nitrogens with one attached hydrogen (secondary N) is 1. The van der Waals surface area contributed by atoms with Gasteiger partial charge >= 0.3 is 0 Å². The number of anilines is 3. The lowest BCUT2D eigenvalue weighted by atomic mass is 10.1. The van der Waals surface area contributed by atoms with E-state index in [1.807, 2.05) is 13.1 Å². The standard InChI is InChI=1S/C14H19N3O2/c1-8(9-3-4-9)17(2)12-6-11-13(5-10(12)15)19-7-14(18)16-11/h5-6,8-9H,3-4,7,15H2,1-2H3,(H,16,18). The molecule has 1 amide bonds. The monoisotopic (exact) mass is 261 g/mol. The molecule has 19 heavy (non-hydrogen) atoms. The molecule has 1 heterocycles. The fourth-order valence-electron chi connectivity index (χ4n) is 2.55. The van der Waals surface area contributed by atoms with Gasteiger partial charge in [-0.25, -0.2) is 0 Å². The second-order valence-corrected chi connectivity index (χ2v) is 5.43. The Balaban J connectivity index is 1.92. The van der Waals surface area contributed by atoms with Gasteiger partial charge in [-0.05, 0) is 31.7 Å². The van der Waals surface area contributed by atoms with Crippen LogP contribution in [0.15, 0.2) is 12.1 Å². The highest BCUT2D eigenvalue weighted by Gasteiger charge is 2.31. The summed E-state index contributed by atoms with van der Waals surface area (Å²) < 4.78 is 5.36. The summed E-state index contributed by atoms with van der Waals surface area (Å²) in [7, 11) is 2.05. The molecule has 1 aromatic carbocycles. The van der Waals surface area contributed by atoms with Gasteiger partial charge in [-0.2, -0.15) is 0 Å². The lowest BCUT2D eigenvalue weighted by molar-refractivity contribution is -0.118. The fraction of sp³-hybridized carbons (Fsp3) is 0.500. The highest BCUT2D eigenvalue weighted by molar-refractivity contribution is 5.97. The molecule has 1 unspecified atom stereocenters. The molecule has 5 nitrogen and oxygen atoms in total. The third-order valence-corrected chi connectivity index (χ3v) is 4.06. The molecule has 3 rings (SSSR count). The average Bonchev–Trinajstić information content (AvgIpc) is 3.21. The lowest BCUT2D eigenvalue weighted by Crippen LogP contribution is -2.32. The molecule has 0 spiro atoms. The van der Waals surface area contributed by atoms with Crippen LogP contribution in [0.1, 0.15) is 19.8 Å². The van der Waals surface area contributed by atoms with E-state index in [1.165, 1.54) is 12.8 Å². The Kier molecular flexibility index (Phi) is 2.77. The van der Waals surface area contributed by atoms with Gasteiger partial charge in [0.1, 0.15) is 5.75 Å². The van der Waals surface area contributed by atoms with Crippen molar-refractivity contribution in [1.82, 2.24) is 0 Å². The van der Waals surface area contributed by atoms with Crippen LogP contribution in [0.5, 0.6) is 5.75 Å². The number of amides is 1. The maximum absolute atomic E-state index is 11.4. The number of rotatable bonds is 3. The van der Waals surface area contributed by atoms with E-state index in [-0.39, 0.29) is 12.5 Å². The SMILES string of the molecule is CC(C1CC1)N(C)c1cc2c(cc1N)OCC(=O)N2. The van der Waals surface area contributed by atoms with Gasteiger partial charge in [0.15, 0.2) is 6.61 Å². The van der Waals surface area contributed by atoms with Gasteiger partial charge in [0.25, 0.3) is 5.91 Å². The summed E-state index contributed by atoms with van der Waals surface area (Å²) in [6.45, 7) is 2.27. The summed E-state index contributed by atoms with van der Waals surface area (Å²) in [5, 5.41) is 2.82. The zero-order valence-electron chi connectivity index (χ0n) is 11.3. The summed E-state index contributed by atoms with van der Waals surface area (Å²) in [5.74, 6) is 1.28. The minimum Gasteiger partial charge on any atom is -0.482 e. The smallest absolute Gasteiger partial charge is 0.262 e. The van der Waals surface area contributed by atoms with Gasteiger partial charge in [-0.15, -0.1) is 0 Å². The first-order chi connectivity index (χ1) is 9.06. The molecule has 1 aliphatic carbocycles. The van der Waals surface area contributed by atoms with Crippen molar-refractivity contribution in [3.8, 4) is 5.75 Å². The predicted molar refractivity (Wildman–Crippen MR) is 75.6 cm³/mol. The summed E-state index contributed by atoms with van der Waals surface area (Å²) in [5.41, 5.74) is 8.44. The molecular weight excluding hydrogens is 242 g/mol. The molecule has 0 saturated heterocycles. The first-order valence-corrected chi connectivity index (χ1v) is 6.65. The van der Waals surface area contributed by atoms with E-state index in [4.69, 9.17) is 10.5 Å². The Morgan fingerprint density at radius 3 is 2.89 bits per heavy atom. The first kappa shape index (κ1) is 12.1. The maximum atomic E-state index is 11.4. The molecule has 102 valence electrons.